The molecule has 0 spiro atoms. The minimum atomic E-state index is -4.08. The van der Waals surface area contributed by atoms with E-state index in [0.717, 1.165) is 13.0 Å². The Balaban J connectivity index is 1.84. The molecule has 18 heavy (non-hydrogen) atoms. The second-order valence-electron chi connectivity index (χ2n) is 4.52. The lowest BCUT2D eigenvalue weighted by Crippen LogP contribution is -2.37. The van der Waals surface area contributed by atoms with Crippen LogP contribution in [0, 0.1) is 0 Å². The van der Waals surface area contributed by atoms with Crippen LogP contribution in [-0.4, -0.2) is 25.8 Å². The number of benzene rings is 1. The van der Waals surface area contributed by atoms with Gasteiger partial charge in [-0.3, -0.25) is 0 Å². The first-order valence-corrected chi connectivity index (χ1v) is 6.15. The summed E-state index contributed by atoms with van der Waals surface area (Å²) in [7, 11) is 0. The average Bonchev–Trinajstić information content (AvgIpc) is 2.33. The van der Waals surface area contributed by atoms with Gasteiger partial charge in [0.25, 0.3) is 0 Å². The second-order valence-corrected chi connectivity index (χ2v) is 4.52. The molecule has 0 saturated heterocycles. The van der Waals surface area contributed by atoms with Crippen LogP contribution < -0.4 is 10.6 Å². The molecule has 1 heterocycles. The molecular formula is C13H17F3N2. The van der Waals surface area contributed by atoms with E-state index in [-0.39, 0.29) is 12.6 Å². The van der Waals surface area contributed by atoms with Gasteiger partial charge < -0.3 is 10.6 Å². The van der Waals surface area contributed by atoms with Gasteiger partial charge in [0.1, 0.15) is 0 Å². The Morgan fingerprint density at radius 3 is 2.83 bits per heavy atom. The molecule has 0 saturated carbocycles. The van der Waals surface area contributed by atoms with Crippen LogP contribution >= 0.6 is 0 Å². The van der Waals surface area contributed by atoms with Gasteiger partial charge in [-0.15, -0.1) is 0 Å². The van der Waals surface area contributed by atoms with Crippen molar-refractivity contribution in [1.82, 2.24) is 10.6 Å². The van der Waals surface area contributed by atoms with Crippen LogP contribution in [-0.2, 0) is 6.42 Å². The summed E-state index contributed by atoms with van der Waals surface area (Å²) in [4.78, 5) is 0. The Hall–Kier alpha value is -1.07. The molecule has 0 bridgehead atoms. The normalized spacial score (nSPS) is 19.6. The van der Waals surface area contributed by atoms with Crippen molar-refractivity contribution in [3.05, 3.63) is 35.4 Å². The van der Waals surface area contributed by atoms with Gasteiger partial charge in [-0.2, -0.15) is 13.2 Å². The molecule has 0 aliphatic carbocycles. The van der Waals surface area contributed by atoms with Crippen LogP contribution in [0.1, 0.15) is 23.6 Å². The summed E-state index contributed by atoms with van der Waals surface area (Å²) >= 11 is 0. The van der Waals surface area contributed by atoms with E-state index in [0.29, 0.717) is 6.54 Å². The molecule has 1 aliphatic heterocycles. The molecule has 0 aromatic heterocycles. The highest BCUT2D eigenvalue weighted by Crippen LogP contribution is 2.22. The Morgan fingerprint density at radius 1 is 1.28 bits per heavy atom. The number of hydrogen-bond acceptors (Lipinski definition) is 2. The average molecular weight is 258 g/mol. The quantitative estimate of drug-likeness (QED) is 0.810. The van der Waals surface area contributed by atoms with E-state index in [1.165, 1.54) is 11.1 Å². The maximum Gasteiger partial charge on any atom is 0.390 e. The molecule has 2 N–H and O–H groups in total. The van der Waals surface area contributed by atoms with E-state index in [1.54, 1.807) is 0 Å². The highest BCUT2D eigenvalue weighted by molar-refractivity contribution is 5.32. The van der Waals surface area contributed by atoms with Crippen molar-refractivity contribution in [2.24, 2.45) is 0 Å². The van der Waals surface area contributed by atoms with Gasteiger partial charge in [-0.1, -0.05) is 24.3 Å². The van der Waals surface area contributed by atoms with Crippen molar-refractivity contribution in [2.45, 2.75) is 25.1 Å². The molecule has 1 atom stereocenters. The SMILES string of the molecule is FC(F)(F)CCNCC1NCCc2ccccc21. The molecule has 0 fully saturated rings. The number of nitrogens with one attached hydrogen (secondary N) is 2. The topological polar surface area (TPSA) is 24.1 Å². The zero-order chi connectivity index (χ0) is 13.0. The molecule has 0 radical (unpaired) electrons. The maximum absolute atomic E-state index is 12.0. The Labute approximate surface area is 105 Å². The zero-order valence-electron chi connectivity index (χ0n) is 10.1. The van der Waals surface area contributed by atoms with E-state index >= 15 is 0 Å². The molecule has 5 heteroatoms. The highest BCUT2D eigenvalue weighted by atomic mass is 19.4. The van der Waals surface area contributed by atoms with Crippen LogP contribution in [0.5, 0.6) is 0 Å². The molecule has 1 aromatic carbocycles. The van der Waals surface area contributed by atoms with Crippen molar-refractivity contribution >= 4 is 0 Å². The molecule has 1 aromatic rings. The summed E-state index contributed by atoms with van der Waals surface area (Å²) in [5.41, 5.74) is 2.49. The number of rotatable bonds is 4. The predicted octanol–water partition coefficient (Wildman–Crippen LogP) is 2.42. The van der Waals surface area contributed by atoms with Crippen molar-refractivity contribution < 1.29 is 13.2 Å². The monoisotopic (exact) mass is 258 g/mol. The molecule has 2 nitrogen and oxygen atoms in total. The summed E-state index contributed by atoms with van der Waals surface area (Å²) in [5, 5.41) is 6.20. The fraction of sp³-hybridized carbons (Fsp3) is 0.538. The first-order valence-electron chi connectivity index (χ1n) is 6.15. The van der Waals surface area contributed by atoms with Gasteiger partial charge in [0.05, 0.1) is 6.42 Å². The first-order chi connectivity index (χ1) is 8.56. The van der Waals surface area contributed by atoms with Crippen molar-refractivity contribution in [3.63, 3.8) is 0 Å². The van der Waals surface area contributed by atoms with Gasteiger partial charge in [0, 0.05) is 19.1 Å². The standard InChI is InChI=1S/C13H17F3N2/c14-13(15,16)6-8-17-9-12-11-4-2-1-3-10(11)5-7-18-12/h1-4,12,17-18H,5-9H2. The summed E-state index contributed by atoms with van der Waals surface area (Å²) < 4.78 is 36.0. The smallest absolute Gasteiger partial charge is 0.315 e. The Bertz CT molecular complexity index is 390. The molecule has 2 rings (SSSR count). The number of hydrogen-bond donors (Lipinski definition) is 2. The van der Waals surface area contributed by atoms with Gasteiger partial charge >= 0.3 is 6.18 Å². The lowest BCUT2D eigenvalue weighted by atomic mass is 9.94. The van der Waals surface area contributed by atoms with E-state index in [9.17, 15) is 13.2 Å². The third-order valence-electron chi connectivity index (χ3n) is 3.15. The summed E-state index contributed by atoms with van der Waals surface area (Å²) in [6.45, 7) is 1.39. The van der Waals surface area contributed by atoms with Gasteiger partial charge in [0.15, 0.2) is 0 Å². The van der Waals surface area contributed by atoms with Gasteiger partial charge in [0.2, 0.25) is 0 Å². The second kappa shape index (κ2) is 5.71. The predicted molar refractivity (Wildman–Crippen MR) is 64.4 cm³/mol. The molecule has 1 aliphatic rings. The Morgan fingerprint density at radius 2 is 2.06 bits per heavy atom. The third-order valence-corrected chi connectivity index (χ3v) is 3.15. The largest absolute Gasteiger partial charge is 0.390 e. The van der Waals surface area contributed by atoms with Crippen LogP contribution in [0.4, 0.5) is 13.2 Å². The van der Waals surface area contributed by atoms with Crippen LogP contribution in [0.15, 0.2) is 24.3 Å². The van der Waals surface area contributed by atoms with Crippen LogP contribution in [0.3, 0.4) is 0 Å². The van der Waals surface area contributed by atoms with E-state index < -0.39 is 12.6 Å². The fourth-order valence-electron chi connectivity index (χ4n) is 2.25. The van der Waals surface area contributed by atoms with E-state index in [2.05, 4.69) is 16.7 Å². The number of fused-ring (bicyclic) bond motifs is 1. The fourth-order valence-corrected chi connectivity index (χ4v) is 2.25. The minimum absolute atomic E-state index is 0.0240. The number of halogens is 3. The van der Waals surface area contributed by atoms with Crippen molar-refractivity contribution in [3.8, 4) is 0 Å². The summed E-state index contributed by atoms with van der Waals surface area (Å²) in [6, 6.07) is 8.20. The minimum Gasteiger partial charge on any atom is -0.315 e. The van der Waals surface area contributed by atoms with Crippen molar-refractivity contribution in [1.29, 1.82) is 0 Å². The van der Waals surface area contributed by atoms with Crippen LogP contribution in [0.2, 0.25) is 0 Å². The van der Waals surface area contributed by atoms with E-state index in [1.807, 2.05) is 18.2 Å². The number of alkyl halides is 3. The molecular weight excluding hydrogens is 241 g/mol. The summed E-state index contributed by atoms with van der Waals surface area (Å²) in [5.74, 6) is 0. The zero-order valence-corrected chi connectivity index (χ0v) is 10.1. The molecule has 100 valence electrons. The molecule has 1 unspecified atom stereocenters. The third kappa shape index (κ3) is 3.71. The first kappa shape index (κ1) is 13.4. The summed E-state index contributed by atoms with van der Waals surface area (Å²) in [6.07, 6.45) is -3.87. The molecule has 0 amide bonds. The lowest BCUT2D eigenvalue weighted by molar-refractivity contribution is -0.133. The Kier molecular flexibility index (Phi) is 4.24. The van der Waals surface area contributed by atoms with Crippen LogP contribution in [0.25, 0.3) is 0 Å². The van der Waals surface area contributed by atoms with Gasteiger partial charge in [-0.05, 0) is 24.1 Å². The lowest BCUT2D eigenvalue weighted by Gasteiger charge is -2.27. The maximum atomic E-state index is 12.0. The highest BCUT2D eigenvalue weighted by Gasteiger charge is 2.26. The van der Waals surface area contributed by atoms with E-state index in [4.69, 9.17) is 0 Å². The van der Waals surface area contributed by atoms with Gasteiger partial charge in [-0.25, -0.2) is 0 Å². The van der Waals surface area contributed by atoms with Crippen molar-refractivity contribution in [2.75, 3.05) is 19.6 Å².